The summed E-state index contributed by atoms with van der Waals surface area (Å²) in [6, 6.07) is 13.9. The Hall–Kier alpha value is -2.18. The molecule has 0 bridgehead atoms. The lowest BCUT2D eigenvalue weighted by Gasteiger charge is -2.22. The van der Waals surface area contributed by atoms with Gasteiger partial charge < -0.3 is 10.4 Å². The molecule has 142 valence electrons. The number of amides is 1. The van der Waals surface area contributed by atoms with Gasteiger partial charge in [0.1, 0.15) is 0 Å². The van der Waals surface area contributed by atoms with Gasteiger partial charge in [0.15, 0.2) is 0 Å². The molecule has 0 fully saturated rings. The molecule has 4 N–H and O–H groups in total. The molecular weight excluding hydrogens is 364 g/mol. The highest BCUT2D eigenvalue weighted by Gasteiger charge is 2.24. The fraction of sp³-hybridized carbons (Fsp3) is 0.286. The average molecular weight is 387 g/mol. The molecule has 0 saturated heterocycles. The third-order valence-corrected chi connectivity index (χ3v) is 5.09. The number of aliphatic hydroxyl groups is 1. The van der Waals surface area contributed by atoms with Gasteiger partial charge in [-0.2, -0.15) is 0 Å². The van der Waals surface area contributed by atoms with Crippen LogP contribution in [0.15, 0.2) is 48.5 Å². The van der Waals surface area contributed by atoms with E-state index in [9.17, 15) is 9.90 Å². The quantitative estimate of drug-likeness (QED) is 0.335. The number of nitrogens with one attached hydrogen (secondary N) is 2. The number of hydrogen-bond acceptors (Lipinski definition) is 4. The molecule has 2 aromatic carbocycles. The third kappa shape index (κ3) is 5.17. The van der Waals surface area contributed by atoms with Crippen molar-refractivity contribution in [1.82, 2.24) is 10.8 Å². The first-order valence-electron chi connectivity index (χ1n) is 8.95. The van der Waals surface area contributed by atoms with Gasteiger partial charge in [-0.1, -0.05) is 41.9 Å². The molecule has 5 nitrogen and oxygen atoms in total. The van der Waals surface area contributed by atoms with Crippen molar-refractivity contribution in [1.29, 1.82) is 0 Å². The summed E-state index contributed by atoms with van der Waals surface area (Å²) in [4.78, 5) is 11.1. The van der Waals surface area contributed by atoms with Gasteiger partial charge in [0.25, 0.3) is 5.91 Å². The standard InChI is InChI=1S/C21H23ClN2O3/c22-17-6-1-15(2-7-17)12-18(13-25)23-20-9-5-16-11-14(3-8-19(16)20)4-10-21(26)24-27/h1-4,6-8,10-11,18,20,23,25,27H,5,9,12-13H2,(H,24,26). The number of hydrogen-bond donors (Lipinski definition) is 4. The Bertz CT molecular complexity index is 821. The second kappa shape index (κ2) is 9.15. The lowest BCUT2D eigenvalue weighted by Crippen LogP contribution is -2.36. The van der Waals surface area contributed by atoms with Gasteiger partial charge in [-0.3, -0.25) is 10.0 Å². The van der Waals surface area contributed by atoms with Crippen LogP contribution in [0.3, 0.4) is 0 Å². The minimum absolute atomic E-state index is 0.0325. The van der Waals surface area contributed by atoms with E-state index in [1.165, 1.54) is 17.2 Å². The largest absolute Gasteiger partial charge is 0.395 e. The maximum absolute atomic E-state index is 11.1. The van der Waals surface area contributed by atoms with E-state index >= 15 is 0 Å². The van der Waals surface area contributed by atoms with E-state index in [0.29, 0.717) is 5.02 Å². The summed E-state index contributed by atoms with van der Waals surface area (Å²) < 4.78 is 0. The number of halogens is 1. The van der Waals surface area contributed by atoms with Crippen LogP contribution in [0.5, 0.6) is 0 Å². The van der Waals surface area contributed by atoms with Crippen molar-refractivity contribution < 1.29 is 15.1 Å². The highest BCUT2D eigenvalue weighted by molar-refractivity contribution is 6.30. The van der Waals surface area contributed by atoms with E-state index in [2.05, 4.69) is 17.4 Å². The second-order valence-corrected chi connectivity index (χ2v) is 7.17. The summed E-state index contributed by atoms with van der Waals surface area (Å²) in [5.41, 5.74) is 6.09. The zero-order valence-corrected chi connectivity index (χ0v) is 15.6. The number of aliphatic hydroxyl groups excluding tert-OH is 1. The molecule has 0 heterocycles. The Kier molecular flexibility index (Phi) is 6.63. The van der Waals surface area contributed by atoms with Crippen LogP contribution in [0.1, 0.15) is 34.7 Å². The highest BCUT2D eigenvalue weighted by Crippen LogP contribution is 2.32. The Balaban J connectivity index is 1.66. The normalized spacial score (nSPS) is 17.1. The molecule has 1 aliphatic carbocycles. The molecular formula is C21H23ClN2O3. The van der Waals surface area contributed by atoms with Crippen molar-refractivity contribution in [3.63, 3.8) is 0 Å². The van der Waals surface area contributed by atoms with Gasteiger partial charge in [0.05, 0.1) is 6.61 Å². The summed E-state index contributed by atoms with van der Waals surface area (Å²) in [6.45, 7) is 0.0611. The molecule has 0 saturated carbocycles. The molecule has 0 aliphatic heterocycles. The molecule has 6 heteroatoms. The van der Waals surface area contributed by atoms with Gasteiger partial charge in [-0.15, -0.1) is 0 Å². The van der Waals surface area contributed by atoms with Crippen molar-refractivity contribution in [2.75, 3.05) is 6.61 Å². The van der Waals surface area contributed by atoms with Gasteiger partial charge >= 0.3 is 0 Å². The number of hydroxylamine groups is 1. The maximum atomic E-state index is 11.1. The molecule has 0 aromatic heterocycles. The minimum Gasteiger partial charge on any atom is -0.395 e. The first-order valence-corrected chi connectivity index (χ1v) is 9.33. The van der Waals surface area contributed by atoms with E-state index < -0.39 is 5.91 Å². The van der Waals surface area contributed by atoms with Gasteiger partial charge in [-0.25, -0.2) is 5.48 Å². The van der Waals surface area contributed by atoms with Crippen LogP contribution < -0.4 is 10.8 Å². The van der Waals surface area contributed by atoms with Crippen molar-refractivity contribution >= 4 is 23.6 Å². The zero-order valence-electron chi connectivity index (χ0n) is 14.9. The lowest BCUT2D eigenvalue weighted by molar-refractivity contribution is -0.124. The Morgan fingerprint density at radius 2 is 2.04 bits per heavy atom. The van der Waals surface area contributed by atoms with Crippen molar-refractivity contribution in [2.45, 2.75) is 31.3 Å². The number of benzene rings is 2. The van der Waals surface area contributed by atoms with Crippen LogP contribution >= 0.6 is 11.6 Å². The van der Waals surface area contributed by atoms with Crippen LogP contribution in [-0.4, -0.2) is 28.9 Å². The highest BCUT2D eigenvalue weighted by atomic mass is 35.5. The second-order valence-electron chi connectivity index (χ2n) is 6.74. The Labute approximate surface area is 163 Å². The lowest BCUT2D eigenvalue weighted by atomic mass is 10.0. The van der Waals surface area contributed by atoms with Crippen LogP contribution in [0.25, 0.3) is 6.08 Å². The Morgan fingerprint density at radius 3 is 2.74 bits per heavy atom. The van der Waals surface area contributed by atoms with Crippen molar-refractivity contribution in [2.24, 2.45) is 0 Å². The van der Waals surface area contributed by atoms with Gasteiger partial charge in [-0.05, 0) is 59.7 Å². The first-order chi connectivity index (χ1) is 13.1. The van der Waals surface area contributed by atoms with Crippen molar-refractivity contribution in [3.8, 4) is 0 Å². The summed E-state index contributed by atoms with van der Waals surface area (Å²) in [7, 11) is 0. The minimum atomic E-state index is -0.553. The summed E-state index contributed by atoms with van der Waals surface area (Å²) in [5.74, 6) is -0.553. The third-order valence-electron chi connectivity index (χ3n) is 4.83. The van der Waals surface area contributed by atoms with E-state index in [0.717, 1.165) is 30.4 Å². The smallest absolute Gasteiger partial charge is 0.267 e. The summed E-state index contributed by atoms with van der Waals surface area (Å²) in [5, 5.41) is 22.6. The molecule has 2 unspecified atom stereocenters. The molecule has 2 atom stereocenters. The van der Waals surface area contributed by atoms with Crippen LogP contribution in [-0.2, 0) is 17.6 Å². The molecule has 2 aromatic rings. The monoisotopic (exact) mass is 386 g/mol. The average Bonchev–Trinajstić information content (AvgIpc) is 3.09. The zero-order chi connectivity index (χ0) is 19.2. The van der Waals surface area contributed by atoms with Gasteiger partial charge in [0, 0.05) is 23.2 Å². The summed E-state index contributed by atoms with van der Waals surface area (Å²) >= 11 is 5.93. The molecule has 0 radical (unpaired) electrons. The van der Waals surface area contributed by atoms with E-state index in [1.54, 1.807) is 11.6 Å². The topological polar surface area (TPSA) is 81.6 Å². The fourth-order valence-corrected chi connectivity index (χ4v) is 3.62. The number of carbonyl (C=O) groups excluding carboxylic acids is 1. The molecule has 27 heavy (non-hydrogen) atoms. The number of rotatable bonds is 7. The molecule has 0 spiro atoms. The predicted molar refractivity (Wildman–Crippen MR) is 106 cm³/mol. The summed E-state index contributed by atoms with van der Waals surface area (Å²) in [6.07, 6.45) is 5.61. The molecule has 1 aliphatic rings. The van der Waals surface area contributed by atoms with Crippen LogP contribution in [0, 0.1) is 0 Å². The number of carbonyl (C=O) groups is 1. The predicted octanol–water partition coefficient (Wildman–Crippen LogP) is 3.04. The van der Waals surface area contributed by atoms with E-state index in [1.807, 2.05) is 30.3 Å². The van der Waals surface area contributed by atoms with Crippen LogP contribution in [0.4, 0.5) is 0 Å². The molecule has 3 rings (SSSR count). The maximum Gasteiger partial charge on any atom is 0.267 e. The van der Waals surface area contributed by atoms with E-state index in [4.69, 9.17) is 16.8 Å². The first kappa shape index (κ1) is 19.6. The molecule has 1 amide bonds. The van der Waals surface area contributed by atoms with Gasteiger partial charge in [0.2, 0.25) is 0 Å². The number of aryl methyl sites for hydroxylation is 1. The van der Waals surface area contributed by atoms with E-state index in [-0.39, 0.29) is 18.7 Å². The van der Waals surface area contributed by atoms with Crippen LogP contribution in [0.2, 0.25) is 5.02 Å². The van der Waals surface area contributed by atoms with Crippen molar-refractivity contribution in [3.05, 3.63) is 75.8 Å². The Morgan fingerprint density at radius 1 is 1.26 bits per heavy atom. The number of fused-ring (bicyclic) bond motifs is 1. The SMILES string of the molecule is O=C(C=Cc1ccc2c(c1)CCC2NC(CO)Cc1ccc(Cl)cc1)NO. The fourth-order valence-electron chi connectivity index (χ4n) is 3.49.